The highest BCUT2D eigenvalue weighted by atomic mass is 32.2. The number of urea groups is 1. The van der Waals surface area contributed by atoms with Crippen LogP contribution in [0.15, 0.2) is 22.7 Å². The number of nitrogens with zero attached hydrogens (tertiary/aromatic N) is 4. The van der Waals surface area contributed by atoms with E-state index in [0.29, 0.717) is 11.7 Å². The molecule has 1 aliphatic carbocycles. The summed E-state index contributed by atoms with van der Waals surface area (Å²) in [6.45, 7) is 0.566. The Morgan fingerprint density at radius 1 is 1.38 bits per heavy atom. The Bertz CT molecular complexity index is 681. The second kappa shape index (κ2) is 8.25. The lowest BCUT2D eigenvalue weighted by Crippen LogP contribution is -2.44. The number of hydrogen-bond donors (Lipinski definition) is 2. The number of carbonyl (C=O) groups is 2. The van der Waals surface area contributed by atoms with E-state index in [1.165, 1.54) is 11.8 Å². The zero-order chi connectivity index (χ0) is 16.8. The Balaban J connectivity index is 1.44. The van der Waals surface area contributed by atoms with E-state index in [1.54, 1.807) is 16.0 Å². The Hall–Kier alpha value is -1.94. The molecule has 3 rings (SSSR count). The average molecular weight is 366 g/mol. The van der Waals surface area contributed by atoms with Crippen LogP contribution in [0.1, 0.15) is 30.6 Å². The minimum Gasteiger partial charge on any atom is -0.335 e. The first-order chi connectivity index (χ1) is 11.7. The Morgan fingerprint density at radius 2 is 2.21 bits per heavy atom. The number of hydrogen-bond acceptors (Lipinski definition) is 7. The molecule has 1 fully saturated rings. The number of thiophene rings is 1. The number of rotatable bonds is 6. The summed E-state index contributed by atoms with van der Waals surface area (Å²) in [5.41, 5.74) is 0. The largest absolute Gasteiger partial charge is 0.335 e. The molecule has 0 aliphatic heterocycles. The van der Waals surface area contributed by atoms with Gasteiger partial charge >= 0.3 is 6.03 Å². The molecule has 128 valence electrons. The van der Waals surface area contributed by atoms with Crippen LogP contribution in [0.25, 0.3) is 0 Å². The third-order valence-electron chi connectivity index (χ3n) is 3.66. The van der Waals surface area contributed by atoms with E-state index in [4.69, 9.17) is 0 Å². The van der Waals surface area contributed by atoms with Crippen molar-refractivity contribution in [3.63, 3.8) is 0 Å². The fourth-order valence-corrected chi connectivity index (χ4v) is 3.90. The van der Waals surface area contributed by atoms with Crippen molar-refractivity contribution in [2.75, 3.05) is 5.75 Å². The molecule has 0 aromatic carbocycles. The lowest BCUT2D eigenvalue weighted by atomic mass is 10.2. The summed E-state index contributed by atoms with van der Waals surface area (Å²) in [7, 11) is 0. The number of amides is 3. The van der Waals surface area contributed by atoms with Crippen LogP contribution in [0, 0.1) is 0 Å². The molecule has 0 saturated heterocycles. The van der Waals surface area contributed by atoms with Gasteiger partial charge in [0.25, 0.3) is 0 Å². The highest BCUT2D eigenvalue weighted by molar-refractivity contribution is 7.99. The third-order valence-corrected chi connectivity index (χ3v) is 5.48. The Kier molecular flexibility index (Phi) is 5.81. The molecule has 1 aliphatic rings. The molecular formula is C14H18N6O2S2. The number of thioether (sulfide) groups is 1. The summed E-state index contributed by atoms with van der Waals surface area (Å²) in [5.74, 6) is -0.274. The summed E-state index contributed by atoms with van der Waals surface area (Å²) in [6.07, 6.45) is 4.21. The zero-order valence-corrected chi connectivity index (χ0v) is 14.6. The molecule has 8 nitrogen and oxygen atoms in total. The first kappa shape index (κ1) is 16.9. The normalized spacial score (nSPS) is 14.7. The number of carbonyl (C=O) groups excluding carboxylic acids is 2. The number of aromatic nitrogens is 4. The van der Waals surface area contributed by atoms with Crippen molar-refractivity contribution < 1.29 is 9.59 Å². The van der Waals surface area contributed by atoms with Crippen LogP contribution in [-0.4, -0.2) is 43.9 Å². The van der Waals surface area contributed by atoms with Crippen LogP contribution in [-0.2, 0) is 11.3 Å². The second-order valence-corrected chi connectivity index (χ2v) is 7.46. The van der Waals surface area contributed by atoms with Crippen molar-refractivity contribution in [2.45, 2.75) is 43.4 Å². The molecule has 24 heavy (non-hydrogen) atoms. The van der Waals surface area contributed by atoms with E-state index in [-0.39, 0.29) is 17.7 Å². The Morgan fingerprint density at radius 3 is 2.96 bits per heavy atom. The van der Waals surface area contributed by atoms with E-state index >= 15 is 0 Å². The van der Waals surface area contributed by atoms with Gasteiger partial charge in [0.05, 0.1) is 12.3 Å². The van der Waals surface area contributed by atoms with Crippen molar-refractivity contribution in [3.05, 3.63) is 22.4 Å². The minimum absolute atomic E-state index is 0.0862. The predicted octanol–water partition coefficient (Wildman–Crippen LogP) is 1.64. The molecule has 2 aromatic heterocycles. The number of tetrazole rings is 1. The van der Waals surface area contributed by atoms with E-state index < -0.39 is 6.03 Å². The maximum absolute atomic E-state index is 11.9. The van der Waals surface area contributed by atoms with Crippen molar-refractivity contribution in [2.24, 2.45) is 0 Å². The van der Waals surface area contributed by atoms with E-state index in [2.05, 4.69) is 26.2 Å². The van der Waals surface area contributed by atoms with Crippen molar-refractivity contribution in [1.29, 1.82) is 0 Å². The molecule has 2 heterocycles. The first-order valence-corrected chi connectivity index (χ1v) is 9.59. The highest BCUT2D eigenvalue weighted by Gasteiger charge is 2.18. The fourth-order valence-electron chi connectivity index (χ4n) is 2.53. The van der Waals surface area contributed by atoms with Gasteiger partial charge in [-0.2, -0.15) is 0 Å². The van der Waals surface area contributed by atoms with Crippen molar-refractivity contribution in [1.82, 2.24) is 30.8 Å². The molecule has 1 saturated carbocycles. The first-order valence-electron chi connectivity index (χ1n) is 7.72. The summed E-state index contributed by atoms with van der Waals surface area (Å²) in [5, 5.41) is 19.2. The van der Waals surface area contributed by atoms with E-state index in [1.807, 2.05) is 17.5 Å². The molecule has 2 N–H and O–H groups in total. The second-order valence-electron chi connectivity index (χ2n) is 5.49. The lowest BCUT2D eigenvalue weighted by Gasteiger charge is -2.11. The quantitative estimate of drug-likeness (QED) is 0.754. The molecular weight excluding hydrogens is 348 g/mol. The molecule has 3 amide bonds. The van der Waals surface area contributed by atoms with Gasteiger partial charge in [0.15, 0.2) is 0 Å². The molecule has 0 radical (unpaired) electrons. The smallest absolute Gasteiger partial charge is 0.321 e. The van der Waals surface area contributed by atoms with E-state index in [0.717, 1.165) is 30.6 Å². The maximum Gasteiger partial charge on any atom is 0.321 e. The molecule has 0 atom stereocenters. The molecule has 0 spiro atoms. The van der Waals surface area contributed by atoms with Crippen LogP contribution in [0.4, 0.5) is 4.79 Å². The summed E-state index contributed by atoms with van der Waals surface area (Å²) < 4.78 is 1.64. The SMILES string of the molecule is O=C(CSc1nnnn1Cc1cccs1)NC(=O)NC1CCCC1. The topological polar surface area (TPSA) is 102 Å². The summed E-state index contributed by atoms with van der Waals surface area (Å²) in [4.78, 5) is 24.8. The van der Waals surface area contributed by atoms with Crippen LogP contribution in [0.2, 0.25) is 0 Å². The average Bonchev–Trinajstić information content (AvgIpc) is 3.28. The zero-order valence-electron chi connectivity index (χ0n) is 13.0. The standard InChI is InChI=1S/C14H18N6O2S2/c21-12(16-13(22)15-10-4-1-2-5-10)9-24-14-17-18-19-20(14)8-11-6-3-7-23-11/h3,6-7,10H,1-2,4-5,8-9H2,(H2,15,16,21,22). The maximum atomic E-state index is 11.9. The van der Waals surface area contributed by atoms with Crippen molar-refractivity contribution in [3.8, 4) is 0 Å². The molecule has 10 heteroatoms. The van der Waals surface area contributed by atoms with Gasteiger partial charge in [-0.3, -0.25) is 10.1 Å². The van der Waals surface area contributed by atoms with Gasteiger partial charge in [0.1, 0.15) is 0 Å². The van der Waals surface area contributed by atoms with Crippen LogP contribution in [0.5, 0.6) is 0 Å². The lowest BCUT2D eigenvalue weighted by molar-refractivity contribution is -0.117. The van der Waals surface area contributed by atoms with Crippen LogP contribution in [0.3, 0.4) is 0 Å². The highest BCUT2D eigenvalue weighted by Crippen LogP contribution is 2.18. The number of imide groups is 1. The predicted molar refractivity (Wildman–Crippen MR) is 90.9 cm³/mol. The monoisotopic (exact) mass is 366 g/mol. The van der Waals surface area contributed by atoms with Gasteiger partial charge in [0, 0.05) is 10.9 Å². The molecule has 2 aromatic rings. The minimum atomic E-state index is -0.425. The van der Waals surface area contributed by atoms with Gasteiger partial charge in [0.2, 0.25) is 11.1 Å². The Labute approximate surface area is 147 Å². The van der Waals surface area contributed by atoms with Gasteiger partial charge < -0.3 is 5.32 Å². The molecule has 0 unspecified atom stereocenters. The molecule has 0 bridgehead atoms. The van der Waals surface area contributed by atoms with E-state index in [9.17, 15) is 9.59 Å². The van der Waals surface area contributed by atoms with Crippen LogP contribution < -0.4 is 10.6 Å². The fraction of sp³-hybridized carbons (Fsp3) is 0.500. The van der Waals surface area contributed by atoms with Crippen LogP contribution >= 0.6 is 23.1 Å². The summed E-state index contributed by atoms with van der Waals surface area (Å²) in [6, 6.07) is 3.73. The van der Waals surface area contributed by atoms with Gasteiger partial charge in [-0.05, 0) is 34.7 Å². The van der Waals surface area contributed by atoms with Gasteiger partial charge in [-0.1, -0.05) is 30.7 Å². The third kappa shape index (κ3) is 4.78. The summed E-state index contributed by atoms with van der Waals surface area (Å²) >= 11 is 2.83. The van der Waals surface area contributed by atoms with Gasteiger partial charge in [-0.25, -0.2) is 9.48 Å². The van der Waals surface area contributed by atoms with Crippen molar-refractivity contribution >= 4 is 35.0 Å². The van der Waals surface area contributed by atoms with Gasteiger partial charge in [-0.15, -0.1) is 16.4 Å². The number of nitrogens with one attached hydrogen (secondary N) is 2.